The van der Waals surface area contributed by atoms with Gasteiger partial charge in [-0.3, -0.25) is 14.2 Å². The van der Waals surface area contributed by atoms with Crippen molar-refractivity contribution in [3.63, 3.8) is 0 Å². The van der Waals surface area contributed by atoms with Crippen LogP contribution in [0.25, 0.3) is 10.2 Å². The van der Waals surface area contributed by atoms with Gasteiger partial charge in [-0.05, 0) is 61.5 Å². The van der Waals surface area contributed by atoms with E-state index < -0.39 is 0 Å². The van der Waals surface area contributed by atoms with E-state index in [9.17, 15) is 9.59 Å². The Bertz CT molecular complexity index is 1080. The fourth-order valence-electron chi connectivity index (χ4n) is 4.06. The molecule has 0 unspecified atom stereocenters. The van der Waals surface area contributed by atoms with Gasteiger partial charge in [0.25, 0.3) is 5.56 Å². The molecular formula is C21H22N2O2S3. The molecule has 5 rings (SSSR count). The van der Waals surface area contributed by atoms with Crippen molar-refractivity contribution in [2.45, 2.75) is 56.6 Å². The highest BCUT2D eigenvalue weighted by Gasteiger charge is 2.25. The van der Waals surface area contributed by atoms with Crippen LogP contribution in [-0.4, -0.2) is 21.1 Å². The summed E-state index contributed by atoms with van der Waals surface area (Å²) >= 11 is 4.58. The first-order valence-corrected chi connectivity index (χ1v) is 12.6. The Morgan fingerprint density at radius 1 is 1.25 bits per heavy atom. The Labute approximate surface area is 176 Å². The minimum Gasteiger partial charge on any atom is -0.292 e. The van der Waals surface area contributed by atoms with Gasteiger partial charge in [0, 0.05) is 11.4 Å². The van der Waals surface area contributed by atoms with Crippen LogP contribution in [-0.2, 0) is 19.4 Å². The molecule has 0 saturated heterocycles. The number of carbonyl (C=O) groups excluding carboxylic acids is 1. The van der Waals surface area contributed by atoms with Crippen LogP contribution < -0.4 is 5.56 Å². The number of hydrogen-bond acceptors (Lipinski definition) is 6. The molecule has 0 radical (unpaired) electrons. The first-order chi connectivity index (χ1) is 13.7. The highest BCUT2D eigenvalue weighted by Crippen LogP contribution is 2.36. The molecule has 1 fully saturated rings. The fourth-order valence-corrected chi connectivity index (χ4v) is 7.01. The van der Waals surface area contributed by atoms with E-state index in [-0.39, 0.29) is 11.3 Å². The minimum absolute atomic E-state index is 0.106. The average molecular weight is 431 g/mol. The molecule has 3 aromatic rings. The molecule has 3 aromatic heterocycles. The molecule has 0 aliphatic heterocycles. The summed E-state index contributed by atoms with van der Waals surface area (Å²) in [6.07, 6.45) is 8.05. The van der Waals surface area contributed by atoms with Gasteiger partial charge in [-0.1, -0.05) is 24.2 Å². The molecule has 0 bridgehead atoms. The Kier molecular flexibility index (Phi) is 5.15. The molecule has 0 atom stereocenters. The van der Waals surface area contributed by atoms with Crippen LogP contribution in [0.2, 0.25) is 0 Å². The summed E-state index contributed by atoms with van der Waals surface area (Å²) in [5, 5.41) is 3.49. The molecule has 4 nitrogen and oxygen atoms in total. The molecule has 146 valence electrons. The minimum atomic E-state index is 0.106. The Hall–Kier alpha value is -1.44. The summed E-state index contributed by atoms with van der Waals surface area (Å²) in [5.74, 6) is 1.00. The van der Waals surface area contributed by atoms with Gasteiger partial charge in [-0.25, -0.2) is 4.98 Å². The van der Waals surface area contributed by atoms with Gasteiger partial charge in [0.1, 0.15) is 4.83 Å². The van der Waals surface area contributed by atoms with Crippen LogP contribution in [0, 0.1) is 5.92 Å². The largest absolute Gasteiger partial charge is 0.292 e. The van der Waals surface area contributed by atoms with Crippen molar-refractivity contribution >= 4 is 50.4 Å². The summed E-state index contributed by atoms with van der Waals surface area (Å²) in [4.78, 5) is 33.8. The second kappa shape index (κ2) is 7.76. The second-order valence-electron chi connectivity index (χ2n) is 7.69. The fraction of sp³-hybridized carbons (Fsp3) is 0.476. The highest BCUT2D eigenvalue weighted by molar-refractivity contribution is 7.99. The Balaban J connectivity index is 1.53. The van der Waals surface area contributed by atoms with Crippen molar-refractivity contribution in [1.82, 2.24) is 9.55 Å². The monoisotopic (exact) mass is 430 g/mol. The van der Waals surface area contributed by atoms with Gasteiger partial charge in [-0.15, -0.1) is 22.7 Å². The number of thiophene rings is 2. The van der Waals surface area contributed by atoms with Gasteiger partial charge in [-0.2, -0.15) is 0 Å². The van der Waals surface area contributed by atoms with Crippen molar-refractivity contribution in [2.24, 2.45) is 5.92 Å². The number of carbonyl (C=O) groups is 1. The number of rotatable bonds is 6. The van der Waals surface area contributed by atoms with Crippen LogP contribution in [0.15, 0.2) is 27.5 Å². The number of hydrogen-bond donors (Lipinski definition) is 0. The molecule has 28 heavy (non-hydrogen) atoms. The van der Waals surface area contributed by atoms with Crippen molar-refractivity contribution in [3.05, 3.63) is 43.2 Å². The second-order valence-corrected chi connectivity index (χ2v) is 10.7. The maximum absolute atomic E-state index is 13.5. The maximum Gasteiger partial charge on any atom is 0.263 e. The average Bonchev–Trinajstić information content (AvgIpc) is 3.31. The van der Waals surface area contributed by atoms with Gasteiger partial charge in [0.05, 0.1) is 16.0 Å². The van der Waals surface area contributed by atoms with Crippen molar-refractivity contribution in [3.8, 4) is 0 Å². The number of nitrogens with zero attached hydrogens (tertiary/aromatic N) is 2. The van der Waals surface area contributed by atoms with Crippen molar-refractivity contribution in [1.29, 1.82) is 0 Å². The number of Topliss-reactive ketones (excluding diaryl/α,β-unsaturated/α-hetero) is 1. The highest BCUT2D eigenvalue weighted by atomic mass is 32.2. The normalized spacial score (nSPS) is 16.9. The predicted octanol–water partition coefficient (Wildman–Crippen LogP) is 5.17. The molecule has 7 heteroatoms. The smallest absolute Gasteiger partial charge is 0.263 e. The summed E-state index contributed by atoms with van der Waals surface area (Å²) in [7, 11) is 0. The third-order valence-corrected chi connectivity index (χ3v) is 8.91. The first kappa shape index (κ1) is 18.6. The molecule has 2 aliphatic carbocycles. The number of aromatic nitrogens is 2. The molecule has 1 saturated carbocycles. The van der Waals surface area contributed by atoms with Crippen molar-refractivity contribution < 1.29 is 4.79 Å². The van der Waals surface area contributed by atoms with Gasteiger partial charge < -0.3 is 0 Å². The lowest BCUT2D eigenvalue weighted by molar-refractivity contribution is 0.102. The topological polar surface area (TPSA) is 52.0 Å². The van der Waals surface area contributed by atoms with E-state index in [0.29, 0.717) is 16.8 Å². The van der Waals surface area contributed by atoms with Crippen molar-refractivity contribution in [2.75, 3.05) is 5.75 Å². The van der Waals surface area contributed by atoms with E-state index in [1.54, 1.807) is 11.3 Å². The van der Waals surface area contributed by atoms with Crippen LogP contribution in [0.4, 0.5) is 0 Å². The molecule has 3 heterocycles. The zero-order valence-electron chi connectivity index (χ0n) is 15.6. The predicted molar refractivity (Wildman–Crippen MR) is 117 cm³/mol. The van der Waals surface area contributed by atoms with Crippen LogP contribution in [0.5, 0.6) is 0 Å². The molecule has 2 aliphatic rings. The summed E-state index contributed by atoms with van der Waals surface area (Å²) in [5.41, 5.74) is 1.36. The Morgan fingerprint density at radius 3 is 2.86 bits per heavy atom. The number of thioether (sulfide) groups is 1. The maximum atomic E-state index is 13.5. The third-order valence-electron chi connectivity index (χ3n) is 5.83. The molecule has 0 N–H and O–H groups in total. The molecule has 0 aromatic carbocycles. The lowest BCUT2D eigenvalue weighted by Crippen LogP contribution is -2.29. The van der Waals surface area contributed by atoms with E-state index >= 15 is 0 Å². The quantitative estimate of drug-likeness (QED) is 0.307. The van der Waals surface area contributed by atoms with Gasteiger partial charge in [0.2, 0.25) is 0 Å². The molecular weight excluding hydrogens is 408 g/mol. The van der Waals surface area contributed by atoms with E-state index in [1.165, 1.54) is 59.2 Å². The number of fused-ring (bicyclic) bond motifs is 3. The standard InChI is InChI=1S/C21H22N2O2S3/c24-15(17-9-4-10-26-17)12-27-21-22-19-18(14-7-1-2-8-16(14)28-19)20(25)23(21)11-13-5-3-6-13/h4,9-10,13H,1-3,5-8,11-12H2. The summed E-state index contributed by atoms with van der Waals surface area (Å²) in [6, 6.07) is 3.76. The van der Waals surface area contributed by atoms with E-state index in [1.807, 2.05) is 22.1 Å². The first-order valence-electron chi connectivity index (χ1n) is 9.95. The lowest BCUT2D eigenvalue weighted by atomic mass is 9.85. The number of aryl methyl sites for hydroxylation is 2. The van der Waals surface area contributed by atoms with Crippen LogP contribution in [0.1, 0.15) is 52.2 Å². The zero-order valence-corrected chi connectivity index (χ0v) is 18.1. The number of ketones is 1. The molecule has 0 spiro atoms. The lowest BCUT2D eigenvalue weighted by Gasteiger charge is -2.26. The Morgan fingerprint density at radius 2 is 2.11 bits per heavy atom. The van der Waals surface area contributed by atoms with Crippen LogP contribution in [0.3, 0.4) is 0 Å². The summed E-state index contributed by atoms with van der Waals surface area (Å²) in [6.45, 7) is 0.738. The van der Waals surface area contributed by atoms with E-state index in [0.717, 1.165) is 40.9 Å². The van der Waals surface area contributed by atoms with Gasteiger partial charge >= 0.3 is 0 Å². The zero-order chi connectivity index (χ0) is 19.1. The summed E-state index contributed by atoms with van der Waals surface area (Å²) < 4.78 is 1.88. The van der Waals surface area contributed by atoms with Gasteiger partial charge in [0.15, 0.2) is 10.9 Å². The van der Waals surface area contributed by atoms with Crippen LogP contribution >= 0.6 is 34.4 Å². The molecule has 0 amide bonds. The van der Waals surface area contributed by atoms with E-state index in [2.05, 4.69) is 0 Å². The van der Waals surface area contributed by atoms with E-state index in [4.69, 9.17) is 4.98 Å². The third kappa shape index (κ3) is 3.37. The SMILES string of the molecule is O=C(CSc1nc2sc3c(c2c(=O)n1CC1CCC1)CCCC3)c1cccs1.